The Morgan fingerprint density at radius 3 is 1.55 bits per heavy atom. The van der Waals surface area contributed by atoms with Crippen molar-refractivity contribution in [2.45, 2.75) is 24.4 Å². The van der Waals surface area contributed by atoms with Crippen LogP contribution in [0.4, 0.5) is 0 Å². The van der Waals surface area contributed by atoms with E-state index in [1.807, 2.05) is 65.6 Å². The van der Waals surface area contributed by atoms with Crippen LogP contribution in [0.15, 0.2) is 60.7 Å². The largest absolute Gasteiger partial charge is 0.389 e. The average Bonchev–Trinajstić information content (AvgIpc) is 2.55. The second kappa shape index (κ2) is 6.58. The lowest BCUT2D eigenvalue weighted by Crippen LogP contribution is -2.56. The fourth-order valence-electron chi connectivity index (χ4n) is 3.12. The van der Waals surface area contributed by atoms with Crippen LogP contribution in [0, 0.1) is 0 Å². The van der Waals surface area contributed by atoms with Crippen LogP contribution in [-0.2, 0) is 0 Å². The predicted molar refractivity (Wildman–Crippen MR) is 84.3 cm³/mol. The minimum atomic E-state index is -1.08. The highest BCUT2D eigenvalue weighted by Gasteiger charge is 2.37. The van der Waals surface area contributed by atoms with Gasteiger partial charge in [-0.2, -0.15) is 0 Å². The van der Waals surface area contributed by atoms with Crippen LogP contribution in [0.1, 0.15) is 17.2 Å². The molecule has 2 aromatic carbocycles. The third-order valence-corrected chi connectivity index (χ3v) is 4.23. The monoisotopic (exact) mass is 299 g/mol. The molecule has 116 valence electrons. The molecule has 22 heavy (non-hydrogen) atoms. The van der Waals surface area contributed by atoms with E-state index in [0.717, 1.165) is 11.1 Å². The standard InChI is InChI=1S/C18H21NO3/c20-15-11-19(12-16(21)18(15)22)17(13-7-3-1-4-8-13)14-9-5-2-6-10-14/h1-10,15-18,20-22H,11-12H2/t15-,16-/m1/s1. The summed E-state index contributed by atoms with van der Waals surface area (Å²) < 4.78 is 0. The van der Waals surface area contributed by atoms with Crippen LogP contribution >= 0.6 is 0 Å². The Balaban J connectivity index is 1.96. The van der Waals surface area contributed by atoms with Gasteiger partial charge >= 0.3 is 0 Å². The van der Waals surface area contributed by atoms with Gasteiger partial charge in [-0.15, -0.1) is 0 Å². The topological polar surface area (TPSA) is 63.9 Å². The van der Waals surface area contributed by atoms with Crippen molar-refractivity contribution in [3.63, 3.8) is 0 Å². The normalized spacial score (nSPS) is 23.8. The molecule has 0 amide bonds. The third kappa shape index (κ3) is 3.05. The molecule has 0 saturated carbocycles. The number of aliphatic hydroxyl groups is 3. The summed E-state index contributed by atoms with van der Waals surface area (Å²) in [6.45, 7) is 0.652. The van der Waals surface area contributed by atoms with E-state index in [1.165, 1.54) is 0 Å². The molecule has 1 aliphatic heterocycles. The van der Waals surface area contributed by atoms with Crippen molar-refractivity contribution < 1.29 is 15.3 Å². The fraction of sp³-hybridized carbons (Fsp3) is 0.333. The van der Waals surface area contributed by atoms with Crippen LogP contribution in [0.3, 0.4) is 0 Å². The molecule has 0 bridgehead atoms. The Kier molecular flexibility index (Phi) is 4.55. The lowest BCUT2D eigenvalue weighted by molar-refractivity contribution is -0.115. The minimum absolute atomic E-state index is 0.0563. The Bertz CT molecular complexity index is 538. The molecule has 4 nitrogen and oxygen atoms in total. The Labute approximate surface area is 130 Å². The maximum absolute atomic E-state index is 10.0. The van der Waals surface area contributed by atoms with Gasteiger partial charge in [0.05, 0.1) is 18.2 Å². The van der Waals surface area contributed by atoms with Crippen molar-refractivity contribution in [3.05, 3.63) is 71.8 Å². The van der Waals surface area contributed by atoms with Gasteiger partial charge in [0.2, 0.25) is 0 Å². The van der Waals surface area contributed by atoms with E-state index in [1.54, 1.807) is 0 Å². The highest BCUT2D eigenvalue weighted by atomic mass is 16.4. The maximum atomic E-state index is 10.0. The first-order valence-electron chi connectivity index (χ1n) is 7.55. The van der Waals surface area contributed by atoms with E-state index in [9.17, 15) is 15.3 Å². The van der Waals surface area contributed by atoms with E-state index in [-0.39, 0.29) is 6.04 Å². The number of benzene rings is 2. The molecule has 3 rings (SSSR count). The molecule has 4 heteroatoms. The van der Waals surface area contributed by atoms with Gasteiger partial charge in [-0.3, -0.25) is 4.90 Å². The quantitative estimate of drug-likeness (QED) is 0.796. The van der Waals surface area contributed by atoms with Gasteiger partial charge in [0.1, 0.15) is 6.10 Å². The number of hydrogen-bond donors (Lipinski definition) is 3. The smallest absolute Gasteiger partial charge is 0.108 e. The van der Waals surface area contributed by atoms with Crippen molar-refractivity contribution in [3.8, 4) is 0 Å². The fourth-order valence-corrected chi connectivity index (χ4v) is 3.12. The van der Waals surface area contributed by atoms with Crippen LogP contribution in [-0.4, -0.2) is 51.6 Å². The zero-order chi connectivity index (χ0) is 15.5. The zero-order valence-electron chi connectivity index (χ0n) is 12.3. The number of β-amino-alcohol motifs (C(OH)–C–C–N with tert-alkyl or cyclic N) is 2. The molecule has 0 aromatic heterocycles. The average molecular weight is 299 g/mol. The molecule has 0 unspecified atom stereocenters. The summed E-state index contributed by atoms with van der Waals surface area (Å²) in [5.74, 6) is 0. The molecular formula is C18H21NO3. The molecule has 3 N–H and O–H groups in total. The highest BCUT2D eigenvalue weighted by molar-refractivity contribution is 5.32. The van der Waals surface area contributed by atoms with Gasteiger partial charge in [0, 0.05) is 13.1 Å². The van der Waals surface area contributed by atoms with Crippen LogP contribution < -0.4 is 0 Å². The van der Waals surface area contributed by atoms with E-state index in [0.29, 0.717) is 13.1 Å². The molecule has 0 radical (unpaired) electrons. The molecule has 1 saturated heterocycles. The first-order chi connectivity index (χ1) is 10.7. The summed E-state index contributed by atoms with van der Waals surface area (Å²) >= 11 is 0. The summed E-state index contributed by atoms with van der Waals surface area (Å²) in [5, 5.41) is 29.8. The van der Waals surface area contributed by atoms with Gasteiger partial charge in [0.25, 0.3) is 0 Å². The van der Waals surface area contributed by atoms with E-state index < -0.39 is 18.3 Å². The number of hydrogen-bond acceptors (Lipinski definition) is 4. The second-order valence-electron chi connectivity index (χ2n) is 5.80. The van der Waals surface area contributed by atoms with E-state index in [4.69, 9.17) is 0 Å². The van der Waals surface area contributed by atoms with Crippen molar-refractivity contribution in [2.75, 3.05) is 13.1 Å². The summed E-state index contributed by atoms with van der Waals surface area (Å²) in [7, 11) is 0. The zero-order valence-corrected chi connectivity index (χ0v) is 12.3. The molecule has 2 aromatic rings. The van der Waals surface area contributed by atoms with Crippen molar-refractivity contribution in [1.82, 2.24) is 4.90 Å². The minimum Gasteiger partial charge on any atom is -0.389 e. The molecular weight excluding hydrogens is 278 g/mol. The molecule has 1 heterocycles. The SMILES string of the molecule is OC1[C@H](O)CN(C(c2ccccc2)c2ccccc2)C[C@H]1O. The molecule has 0 aliphatic carbocycles. The van der Waals surface area contributed by atoms with Crippen LogP contribution in [0.25, 0.3) is 0 Å². The van der Waals surface area contributed by atoms with Crippen molar-refractivity contribution >= 4 is 0 Å². The summed E-state index contributed by atoms with van der Waals surface area (Å²) in [5.41, 5.74) is 2.20. The molecule has 2 atom stereocenters. The number of piperidine rings is 1. The van der Waals surface area contributed by atoms with Gasteiger partial charge in [-0.05, 0) is 11.1 Å². The van der Waals surface area contributed by atoms with Gasteiger partial charge in [-0.25, -0.2) is 0 Å². The Hall–Kier alpha value is -1.72. The van der Waals surface area contributed by atoms with E-state index >= 15 is 0 Å². The van der Waals surface area contributed by atoms with Gasteiger partial charge in [-0.1, -0.05) is 60.7 Å². The van der Waals surface area contributed by atoms with Crippen molar-refractivity contribution in [2.24, 2.45) is 0 Å². The highest BCUT2D eigenvalue weighted by Crippen LogP contribution is 2.31. The number of aliphatic hydroxyl groups excluding tert-OH is 3. The first kappa shape index (κ1) is 15.2. The lowest BCUT2D eigenvalue weighted by Gasteiger charge is -2.41. The van der Waals surface area contributed by atoms with Crippen molar-refractivity contribution in [1.29, 1.82) is 0 Å². The van der Waals surface area contributed by atoms with Crippen LogP contribution in [0.5, 0.6) is 0 Å². The summed E-state index contributed by atoms with van der Waals surface area (Å²) in [6.07, 6.45) is -2.97. The lowest BCUT2D eigenvalue weighted by atomic mass is 9.93. The Morgan fingerprint density at radius 2 is 1.14 bits per heavy atom. The Morgan fingerprint density at radius 1 is 0.727 bits per heavy atom. The second-order valence-corrected chi connectivity index (χ2v) is 5.80. The number of rotatable bonds is 3. The third-order valence-electron chi connectivity index (χ3n) is 4.23. The number of likely N-dealkylation sites (tertiary alicyclic amines) is 1. The first-order valence-corrected chi connectivity index (χ1v) is 7.55. The van der Waals surface area contributed by atoms with Crippen LogP contribution in [0.2, 0.25) is 0 Å². The number of nitrogens with zero attached hydrogens (tertiary/aromatic N) is 1. The van der Waals surface area contributed by atoms with Gasteiger partial charge < -0.3 is 15.3 Å². The molecule has 1 aliphatic rings. The summed E-state index contributed by atoms with van der Waals surface area (Å²) in [6, 6.07) is 20.0. The molecule has 0 spiro atoms. The predicted octanol–water partition coefficient (Wildman–Crippen LogP) is 1.17. The maximum Gasteiger partial charge on any atom is 0.108 e. The van der Waals surface area contributed by atoms with E-state index in [2.05, 4.69) is 0 Å². The summed E-state index contributed by atoms with van der Waals surface area (Å²) in [4.78, 5) is 2.02. The molecule has 1 fully saturated rings. The van der Waals surface area contributed by atoms with Gasteiger partial charge in [0.15, 0.2) is 0 Å².